The third kappa shape index (κ3) is 17.8. The molecule has 18 rings (SSSR count). The zero-order valence-corrected chi connectivity index (χ0v) is 70.6. The Labute approximate surface area is 681 Å². The Kier molecular flexibility index (Phi) is 23.4. The third-order valence-electron chi connectivity index (χ3n) is 20.5. The molecule has 0 spiro atoms. The molecule has 6 fully saturated rings. The number of ether oxygens (including phenoxy) is 5. The first-order valence-electron chi connectivity index (χ1n) is 39.1. The maximum absolute atomic E-state index is 13.5. The summed E-state index contributed by atoms with van der Waals surface area (Å²) in [5.41, 5.74) is 4.76. The van der Waals surface area contributed by atoms with Gasteiger partial charge in [-0.2, -0.15) is 39.0 Å². The number of carbonyl (C=O) groups is 5. The molecule has 616 valence electrons. The molecule has 6 aliphatic rings. The predicted octanol–water partition coefficient (Wildman–Crippen LogP) is 10.1. The summed E-state index contributed by atoms with van der Waals surface area (Å²) < 4.78 is 79.0. The van der Waals surface area contributed by atoms with E-state index < -0.39 is 91.6 Å². The Morgan fingerprint density at radius 3 is 1.24 bits per heavy atom. The van der Waals surface area contributed by atoms with Crippen molar-refractivity contribution in [2.75, 3.05) is 75.9 Å². The molecule has 34 nitrogen and oxygen atoms in total. The fraction of sp³-hybridized carbons (Fsp3) is 0.474. The molecule has 6 atom stereocenters. The van der Waals surface area contributed by atoms with Gasteiger partial charge in [0.1, 0.15) is 80.4 Å². The summed E-state index contributed by atoms with van der Waals surface area (Å²) in [7, 11) is 4.84. The summed E-state index contributed by atoms with van der Waals surface area (Å²) in [6.07, 6.45) is 11.6. The number of hydrogen-bond donors (Lipinski definition) is 4. The summed E-state index contributed by atoms with van der Waals surface area (Å²) in [4.78, 5) is 98.3. The Bertz CT molecular complexity index is 5720. The van der Waals surface area contributed by atoms with E-state index in [0.717, 1.165) is 73.8 Å². The number of nitrogens with one attached hydrogen (secondary N) is 4. The second-order valence-electron chi connectivity index (χ2n) is 31.9. The minimum atomic E-state index is -1.60. The van der Waals surface area contributed by atoms with Crippen molar-refractivity contribution in [3.63, 3.8) is 0 Å². The molecule has 3 aliphatic carbocycles. The summed E-state index contributed by atoms with van der Waals surface area (Å²) in [5, 5.41) is 41.7. The molecule has 15 heterocycles. The SMILES string of the molecule is CN(C(=O)OC(C)(C)C)c1cc(-c2nn(C3CCOCC3)c3ncccc23)nc2c(C(=O)N[C@@H]3C[C@@H]3F)cnn12.CN(C(=O)OC(C)(C)C)c1cc(Cl)nc2c(C(=O)N[C@@H]3C[C@@H]3F)cnn12.CNc1cc(-c2nn(C3CCOCC3)c3ncccc23)nc2c(C(=O)N[C@@H]3C[C@@H]3F)cnn12.[CH3][SnH]([CH3])[c]1nn(C2CCOCC2)c2ncccc12. The monoisotopic (exact) mass is 1740 g/mol. The van der Waals surface area contributed by atoms with Crippen LogP contribution in [0.25, 0.3) is 72.8 Å². The van der Waals surface area contributed by atoms with Gasteiger partial charge in [0, 0.05) is 108 Å². The van der Waals surface area contributed by atoms with Gasteiger partial charge in [0.05, 0.1) is 60.2 Å². The Morgan fingerprint density at radius 1 is 0.504 bits per heavy atom. The molecule has 3 saturated carbocycles. The van der Waals surface area contributed by atoms with Crippen molar-refractivity contribution in [3.05, 3.63) is 114 Å². The average molecular weight is 1740 g/mol. The number of aromatic nitrogens is 18. The van der Waals surface area contributed by atoms with Gasteiger partial charge < -0.3 is 40.2 Å². The van der Waals surface area contributed by atoms with Crippen molar-refractivity contribution < 1.29 is 60.8 Å². The molecule has 3 saturated heterocycles. The van der Waals surface area contributed by atoms with E-state index in [9.17, 15) is 37.1 Å². The van der Waals surface area contributed by atoms with E-state index in [1.165, 1.54) is 59.6 Å². The number of carbonyl (C=O) groups excluding carboxylic acids is 5. The number of pyridine rings is 3. The topological polar surface area (TPSA) is 369 Å². The second-order valence-corrected chi connectivity index (χ2v) is 40.4. The van der Waals surface area contributed by atoms with Gasteiger partial charge >= 0.3 is 126 Å². The van der Waals surface area contributed by atoms with Gasteiger partial charge in [0.15, 0.2) is 28.2 Å². The Hall–Kier alpha value is -10.8. The first-order valence-corrected chi connectivity index (χ1v) is 47.7. The number of amides is 5. The number of hydrogen-bond acceptors (Lipinski definition) is 23. The van der Waals surface area contributed by atoms with E-state index in [2.05, 4.69) is 77.1 Å². The molecule has 0 bridgehead atoms. The standard InChI is InChI=1S/C27H31FN8O4.C22H23FN8O2.C16H19ClFN5O3.C11H12N3O.2CH3.Sn.H/c1-27(2,3)40-26(38)34(4)21-13-20(31-24-17(14-30-36(21)24)25(37)32-19-12-18(19)28)22-16-6-5-9-29-23(16)35(33-22)15-7-10-39-11-8-15;1-24-18-10-17(27-21-14(11-26-31(18)21)22(32)28-16-9-15(16)23)19-13-3-2-6-25-20(13)30(29-19)12-4-7-33-8-5-12;1-16(2,3)26-15(25)22(4)12-6-11(17)21-13-8(7-19-23(12)13)14(24)20-10-5-9(10)18;1-2-9-8-13-14(11(9)12-5-1)10-3-6-15-7-4-10;;;;/h5-6,9,13-15,18-19H,7-8,10-12H2,1-4H3,(H,32,37);2-3,6,10-12,15-16,24H,4-5,7-9H2,1H3,(H,28,32);6-7,9-10H,5H2,1-4H3,(H,20,24);1-2,5,10H,3-4,6-7H2;2*1H3;;/t18-,19+;15-,16+;9-,10+;;;;;/m000...../s1. The van der Waals surface area contributed by atoms with Gasteiger partial charge in [0.25, 0.3) is 17.7 Å². The van der Waals surface area contributed by atoms with Crippen molar-refractivity contribution in [1.82, 2.24) is 104 Å². The van der Waals surface area contributed by atoms with Gasteiger partial charge in [-0.25, -0.2) is 57.0 Å². The van der Waals surface area contributed by atoms with Crippen molar-refractivity contribution in [2.45, 2.75) is 175 Å². The van der Waals surface area contributed by atoms with Gasteiger partial charge in [-0.05, 0) is 91.5 Å². The summed E-state index contributed by atoms with van der Waals surface area (Å²) in [6.45, 7) is 14.9. The molecule has 4 N–H and O–H groups in total. The molecule has 12 aromatic rings. The molecule has 0 unspecified atom stereocenters. The van der Waals surface area contributed by atoms with Crippen molar-refractivity contribution in [1.29, 1.82) is 0 Å². The van der Waals surface area contributed by atoms with E-state index in [1.54, 1.807) is 78.6 Å². The van der Waals surface area contributed by atoms with Crippen molar-refractivity contribution in [2.24, 2.45) is 0 Å². The summed E-state index contributed by atoms with van der Waals surface area (Å²) >= 11 is 4.45. The Morgan fingerprint density at radius 2 is 0.855 bits per heavy atom. The normalized spacial score (nSPS) is 19.6. The van der Waals surface area contributed by atoms with Gasteiger partial charge in [0.2, 0.25) is 0 Å². The molecule has 117 heavy (non-hydrogen) atoms. The van der Waals surface area contributed by atoms with Crippen LogP contribution in [0, 0.1) is 0 Å². The number of alkyl halides is 3. The van der Waals surface area contributed by atoms with E-state index in [1.807, 2.05) is 52.0 Å². The number of nitrogens with zero attached hydrogens (tertiary/aromatic N) is 20. The van der Waals surface area contributed by atoms with Crippen LogP contribution in [0.4, 0.5) is 40.2 Å². The number of anilines is 3. The quantitative estimate of drug-likeness (QED) is 0.0547. The van der Waals surface area contributed by atoms with E-state index in [4.69, 9.17) is 60.5 Å². The van der Waals surface area contributed by atoms with Crippen LogP contribution in [0.5, 0.6) is 0 Å². The molecule has 39 heteroatoms. The van der Waals surface area contributed by atoms with Crippen LogP contribution in [0.15, 0.2) is 91.8 Å². The van der Waals surface area contributed by atoms with Crippen LogP contribution in [-0.4, -0.2) is 246 Å². The van der Waals surface area contributed by atoms with Gasteiger partial charge in [-0.15, -0.1) is 0 Å². The van der Waals surface area contributed by atoms with Crippen LogP contribution in [0.1, 0.15) is 149 Å². The van der Waals surface area contributed by atoms with Crippen molar-refractivity contribution in [3.8, 4) is 22.8 Å². The number of fused-ring (bicyclic) bond motifs is 6. The first-order chi connectivity index (χ1) is 56.1. The third-order valence-corrected chi connectivity index (χ3v) is 25.0. The first kappa shape index (κ1) is 81.4. The van der Waals surface area contributed by atoms with Gasteiger partial charge in [-0.1, -0.05) is 11.6 Å². The molecular formula is C78H92ClF3N24O10Sn. The van der Waals surface area contributed by atoms with E-state index >= 15 is 0 Å². The van der Waals surface area contributed by atoms with Crippen molar-refractivity contribution >= 4 is 132 Å². The molecule has 0 aromatic carbocycles. The molecular weight excluding hydrogens is 1640 g/mol. The molecule has 5 amide bonds. The minimum absolute atomic E-state index is 0.0762. The fourth-order valence-electron chi connectivity index (χ4n) is 14.0. The van der Waals surface area contributed by atoms with Crippen LogP contribution in [0.3, 0.4) is 0 Å². The van der Waals surface area contributed by atoms with Crippen LogP contribution in [-0.2, 0) is 23.7 Å². The maximum atomic E-state index is 13.5. The average Bonchev–Trinajstić information content (AvgIpc) is 1.62. The molecule has 3 aliphatic heterocycles. The van der Waals surface area contributed by atoms with Crippen LogP contribution in [0.2, 0.25) is 15.0 Å². The summed E-state index contributed by atoms with van der Waals surface area (Å²) in [6, 6.07) is 16.1. The molecule has 12 aromatic heterocycles. The fourth-order valence-corrected chi connectivity index (χ4v) is 17.6. The van der Waals surface area contributed by atoms with Crippen LogP contribution < -0.4 is 34.8 Å². The van der Waals surface area contributed by atoms with E-state index in [0.29, 0.717) is 96.6 Å². The summed E-state index contributed by atoms with van der Waals surface area (Å²) in [5.74, 6) is -0.118. The van der Waals surface area contributed by atoms with Gasteiger partial charge in [-0.3, -0.25) is 24.2 Å². The zero-order chi connectivity index (χ0) is 82.5. The Balaban J connectivity index is 0.000000127. The van der Waals surface area contributed by atoms with E-state index in [-0.39, 0.29) is 57.8 Å². The van der Waals surface area contributed by atoms with Crippen LogP contribution >= 0.6 is 11.6 Å². The zero-order valence-electron chi connectivity index (χ0n) is 66.6. The molecule has 0 radical (unpaired) electrons. The number of rotatable bonds is 15. The number of halogens is 4. The predicted molar refractivity (Wildman–Crippen MR) is 431 cm³/mol. The second kappa shape index (κ2) is 33.7.